The van der Waals surface area contributed by atoms with Crippen molar-refractivity contribution in [2.24, 2.45) is 0 Å². The number of hydrogen-bond acceptors (Lipinski definition) is 5. The second-order valence-electron chi connectivity index (χ2n) is 7.78. The summed E-state index contributed by atoms with van der Waals surface area (Å²) in [4.78, 5) is 21.8. The molecule has 0 fully saturated rings. The zero-order valence-electron chi connectivity index (χ0n) is 20.0. The van der Waals surface area contributed by atoms with E-state index in [1.165, 1.54) is 0 Å². The molecule has 1 N–H and O–H groups in total. The quantitative estimate of drug-likeness (QED) is 0.315. The van der Waals surface area contributed by atoms with Gasteiger partial charge in [-0.15, -0.1) is 0 Å². The Bertz CT molecular complexity index is 1510. The highest BCUT2D eigenvalue weighted by Gasteiger charge is 2.17. The van der Waals surface area contributed by atoms with Crippen LogP contribution in [0.5, 0.6) is 0 Å². The summed E-state index contributed by atoms with van der Waals surface area (Å²) in [6, 6.07) is 13.4. The summed E-state index contributed by atoms with van der Waals surface area (Å²) in [6.07, 6.45) is 1.68. The third-order valence-corrected chi connectivity index (χ3v) is 6.02. The van der Waals surface area contributed by atoms with Crippen molar-refractivity contribution in [2.45, 2.75) is 47.7 Å². The van der Waals surface area contributed by atoms with Gasteiger partial charge >= 0.3 is 5.56 Å². The fraction of sp³-hybridized carbons (Fsp3) is 0.269. The van der Waals surface area contributed by atoms with Gasteiger partial charge in [-0.05, 0) is 62.2 Å². The summed E-state index contributed by atoms with van der Waals surface area (Å²) in [5.41, 5.74) is 4.51. The van der Waals surface area contributed by atoms with Gasteiger partial charge in [-0.25, -0.2) is 4.98 Å². The first kappa shape index (κ1) is 23.6. The van der Waals surface area contributed by atoms with Crippen molar-refractivity contribution in [1.82, 2.24) is 19.1 Å². The normalized spacial score (nSPS) is 11.0. The monoisotopic (exact) mass is 477 g/mol. The van der Waals surface area contributed by atoms with Crippen LogP contribution in [0.2, 0.25) is 5.02 Å². The average Bonchev–Trinajstić information content (AvgIpc) is 3.40. The summed E-state index contributed by atoms with van der Waals surface area (Å²) >= 11 is 6.06. The van der Waals surface area contributed by atoms with E-state index in [2.05, 4.69) is 15.3 Å². The van der Waals surface area contributed by atoms with Gasteiger partial charge in [0.15, 0.2) is 11.2 Å². The Balaban J connectivity index is 0.00000133. The first-order chi connectivity index (χ1) is 16.4. The minimum absolute atomic E-state index is 0.314. The van der Waals surface area contributed by atoms with E-state index in [0.717, 1.165) is 33.5 Å². The fourth-order valence-electron chi connectivity index (χ4n) is 3.90. The van der Waals surface area contributed by atoms with Crippen LogP contribution >= 0.6 is 11.6 Å². The average molecular weight is 478 g/mol. The van der Waals surface area contributed by atoms with Crippen molar-refractivity contribution in [3.05, 3.63) is 81.1 Å². The molecule has 0 bridgehead atoms. The molecule has 0 radical (unpaired) electrons. The Morgan fingerprint density at radius 2 is 1.82 bits per heavy atom. The maximum absolute atomic E-state index is 12.9. The molecule has 0 saturated heterocycles. The topological polar surface area (TPSA) is 77.9 Å². The van der Waals surface area contributed by atoms with Crippen LogP contribution in [0.3, 0.4) is 0 Å². The number of anilines is 2. The number of nitrogens with zero attached hydrogens (tertiary/aromatic N) is 4. The zero-order chi connectivity index (χ0) is 24.4. The number of rotatable bonds is 5. The summed E-state index contributed by atoms with van der Waals surface area (Å²) in [7, 11) is 0. The van der Waals surface area contributed by atoms with E-state index in [9.17, 15) is 4.79 Å². The van der Waals surface area contributed by atoms with Gasteiger partial charge in [-0.1, -0.05) is 37.6 Å². The molecule has 2 aromatic carbocycles. The number of fused-ring (bicyclic) bond motifs is 2. The molecule has 34 heavy (non-hydrogen) atoms. The van der Waals surface area contributed by atoms with Crippen LogP contribution < -0.4 is 10.9 Å². The van der Waals surface area contributed by atoms with Gasteiger partial charge in [0.2, 0.25) is 5.95 Å². The van der Waals surface area contributed by atoms with Crippen LogP contribution in [-0.2, 0) is 13.1 Å². The molecule has 0 aliphatic heterocycles. The second kappa shape index (κ2) is 9.73. The Hall–Kier alpha value is -3.58. The van der Waals surface area contributed by atoms with Crippen LogP contribution in [0, 0.1) is 13.8 Å². The van der Waals surface area contributed by atoms with Gasteiger partial charge in [-0.3, -0.25) is 9.36 Å². The predicted octanol–water partition coefficient (Wildman–Crippen LogP) is 6.45. The second-order valence-corrected chi connectivity index (χ2v) is 8.21. The molecule has 176 valence electrons. The highest BCUT2D eigenvalue weighted by atomic mass is 35.5. The van der Waals surface area contributed by atoms with Crippen molar-refractivity contribution in [3.8, 4) is 0 Å². The van der Waals surface area contributed by atoms with E-state index in [1.807, 2.05) is 86.2 Å². The van der Waals surface area contributed by atoms with Crippen LogP contribution in [0.25, 0.3) is 22.1 Å². The van der Waals surface area contributed by atoms with Crippen LogP contribution in [0.1, 0.15) is 37.7 Å². The number of hydrogen-bond donors (Lipinski definition) is 1. The zero-order valence-corrected chi connectivity index (χ0v) is 20.8. The van der Waals surface area contributed by atoms with Crippen LogP contribution in [0.4, 0.5) is 11.6 Å². The number of furan rings is 1. The molecule has 5 rings (SSSR count). The molecule has 8 heteroatoms. The first-order valence-corrected chi connectivity index (χ1v) is 11.8. The molecular formula is C26H28ClN5O2. The lowest BCUT2D eigenvalue weighted by molar-refractivity contribution is 0.575. The summed E-state index contributed by atoms with van der Waals surface area (Å²) in [5.74, 6) is 1.32. The van der Waals surface area contributed by atoms with E-state index in [1.54, 1.807) is 6.33 Å². The lowest BCUT2D eigenvalue weighted by Crippen LogP contribution is -2.20. The molecule has 3 heterocycles. The largest absolute Gasteiger partial charge is 0.461 e. The number of aromatic nitrogens is 4. The van der Waals surface area contributed by atoms with E-state index in [0.29, 0.717) is 35.2 Å². The van der Waals surface area contributed by atoms with E-state index < -0.39 is 0 Å². The van der Waals surface area contributed by atoms with Crippen LogP contribution in [-0.4, -0.2) is 19.1 Å². The van der Waals surface area contributed by atoms with Gasteiger partial charge in [0.05, 0.1) is 12.9 Å². The number of halogens is 1. The number of benzene rings is 2. The minimum Gasteiger partial charge on any atom is -0.461 e. The van der Waals surface area contributed by atoms with Crippen molar-refractivity contribution >= 4 is 45.4 Å². The Morgan fingerprint density at radius 3 is 2.53 bits per heavy atom. The number of nitrogens with one attached hydrogen (secondary N) is 1. The number of aryl methyl sites for hydroxylation is 3. The maximum Gasteiger partial charge on any atom is 0.300 e. The van der Waals surface area contributed by atoms with Gasteiger partial charge in [0.1, 0.15) is 11.3 Å². The molecule has 7 nitrogen and oxygen atoms in total. The van der Waals surface area contributed by atoms with Crippen molar-refractivity contribution in [2.75, 3.05) is 5.32 Å². The van der Waals surface area contributed by atoms with E-state index in [-0.39, 0.29) is 5.56 Å². The van der Waals surface area contributed by atoms with Gasteiger partial charge in [0.25, 0.3) is 0 Å². The smallest absolute Gasteiger partial charge is 0.300 e. The summed E-state index contributed by atoms with van der Waals surface area (Å²) in [5, 5.41) is 5.02. The van der Waals surface area contributed by atoms with Gasteiger partial charge < -0.3 is 14.3 Å². The summed E-state index contributed by atoms with van der Waals surface area (Å²) in [6.45, 7) is 11.1. The van der Waals surface area contributed by atoms with Crippen molar-refractivity contribution in [3.63, 3.8) is 0 Å². The standard InChI is InChI=1S/C24H22ClN5O2.C2H6/c1-4-29-13-26-22-21(29)23(31)28-24(30(22)12-16-5-7-17(25)8-6-16)27-18-9-10-20-19(11-18)14(2)15(3)32-20;1-2/h5-11,13H,4,12H2,1-3H3,(H,27,28,31);1-2H3. The van der Waals surface area contributed by atoms with Crippen molar-refractivity contribution in [1.29, 1.82) is 0 Å². The molecule has 0 aliphatic rings. The van der Waals surface area contributed by atoms with E-state index >= 15 is 0 Å². The highest BCUT2D eigenvalue weighted by molar-refractivity contribution is 6.30. The predicted molar refractivity (Wildman–Crippen MR) is 138 cm³/mol. The summed E-state index contributed by atoms with van der Waals surface area (Å²) < 4.78 is 9.52. The third-order valence-electron chi connectivity index (χ3n) is 5.77. The highest BCUT2D eigenvalue weighted by Crippen LogP contribution is 2.29. The fourth-order valence-corrected chi connectivity index (χ4v) is 4.03. The SMILES string of the molecule is CC.CCn1cnc2c1c(=O)nc(Nc1ccc3oc(C)c(C)c3c1)n2Cc1ccc(Cl)cc1. The first-order valence-electron chi connectivity index (χ1n) is 11.4. The third kappa shape index (κ3) is 4.31. The Kier molecular flexibility index (Phi) is 6.75. The van der Waals surface area contributed by atoms with Crippen molar-refractivity contribution < 1.29 is 4.42 Å². The van der Waals surface area contributed by atoms with Gasteiger partial charge in [-0.2, -0.15) is 4.98 Å². The van der Waals surface area contributed by atoms with Crippen LogP contribution in [0.15, 0.2) is 58.0 Å². The minimum atomic E-state index is -0.314. The molecule has 0 spiro atoms. The van der Waals surface area contributed by atoms with Gasteiger partial charge in [0, 0.05) is 22.6 Å². The molecule has 5 aromatic rings. The molecule has 0 aliphatic carbocycles. The molecule has 0 unspecified atom stereocenters. The Morgan fingerprint density at radius 1 is 1.09 bits per heavy atom. The lowest BCUT2D eigenvalue weighted by Gasteiger charge is -2.15. The molecule has 0 amide bonds. The molecule has 0 atom stereocenters. The molecule has 3 aromatic heterocycles. The molecule has 0 saturated carbocycles. The maximum atomic E-state index is 12.9. The van der Waals surface area contributed by atoms with E-state index in [4.69, 9.17) is 16.0 Å². The lowest BCUT2D eigenvalue weighted by atomic mass is 10.1. The Labute approximate surface area is 203 Å². The number of imidazole rings is 1. The molecular weight excluding hydrogens is 450 g/mol.